The second-order valence-electron chi connectivity index (χ2n) is 5.24. The Balaban J connectivity index is 1.89. The standard InChI is InChI=1S/C18H12BrNO2S2/c1-11-3-2-4-13(9-11)16(21)20-17(22)15(24-18(20)23)10-12-5-7-14(19)8-6-12/h2-10H,1H3/b15-10+. The van der Waals surface area contributed by atoms with E-state index in [2.05, 4.69) is 15.9 Å². The minimum atomic E-state index is -0.389. The van der Waals surface area contributed by atoms with E-state index in [-0.39, 0.29) is 16.1 Å². The lowest BCUT2D eigenvalue weighted by molar-refractivity contribution is -0.120. The molecule has 1 saturated heterocycles. The fourth-order valence-corrected chi connectivity index (χ4v) is 3.78. The molecule has 120 valence electrons. The van der Waals surface area contributed by atoms with Crippen LogP contribution in [0.15, 0.2) is 57.9 Å². The molecule has 6 heteroatoms. The average Bonchev–Trinajstić information content (AvgIpc) is 2.83. The van der Waals surface area contributed by atoms with Gasteiger partial charge in [-0.25, -0.2) is 4.90 Å². The molecular weight excluding hydrogens is 406 g/mol. The molecular formula is C18H12BrNO2S2. The molecule has 0 spiro atoms. The maximum atomic E-state index is 12.6. The number of carbonyl (C=O) groups excluding carboxylic acids is 2. The Bertz CT molecular complexity index is 875. The van der Waals surface area contributed by atoms with Crippen molar-refractivity contribution in [2.24, 2.45) is 0 Å². The summed E-state index contributed by atoms with van der Waals surface area (Å²) in [5.41, 5.74) is 2.29. The monoisotopic (exact) mass is 417 g/mol. The van der Waals surface area contributed by atoms with Gasteiger partial charge in [0.25, 0.3) is 11.8 Å². The predicted molar refractivity (Wildman–Crippen MR) is 105 cm³/mol. The molecule has 0 unspecified atom stereocenters. The van der Waals surface area contributed by atoms with Crippen molar-refractivity contribution in [2.75, 3.05) is 0 Å². The van der Waals surface area contributed by atoms with Gasteiger partial charge in [-0.05, 0) is 42.8 Å². The first kappa shape index (κ1) is 17.1. The first-order valence-corrected chi connectivity index (χ1v) is 9.12. The molecule has 1 fully saturated rings. The van der Waals surface area contributed by atoms with Gasteiger partial charge in [0.05, 0.1) is 4.91 Å². The highest BCUT2D eigenvalue weighted by Crippen LogP contribution is 2.33. The van der Waals surface area contributed by atoms with Gasteiger partial charge in [-0.2, -0.15) is 0 Å². The van der Waals surface area contributed by atoms with Crippen LogP contribution in [0, 0.1) is 6.92 Å². The number of amides is 2. The molecule has 0 saturated carbocycles. The van der Waals surface area contributed by atoms with Gasteiger partial charge < -0.3 is 0 Å². The van der Waals surface area contributed by atoms with Crippen LogP contribution >= 0.6 is 39.9 Å². The summed E-state index contributed by atoms with van der Waals surface area (Å²) in [4.78, 5) is 26.8. The normalized spacial score (nSPS) is 16.1. The van der Waals surface area contributed by atoms with Gasteiger partial charge in [-0.3, -0.25) is 9.59 Å². The van der Waals surface area contributed by atoms with Gasteiger partial charge in [0, 0.05) is 10.0 Å². The van der Waals surface area contributed by atoms with Crippen molar-refractivity contribution < 1.29 is 9.59 Å². The zero-order valence-corrected chi connectivity index (χ0v) is 15.9. The van der Waals surface area contributed by atoms with Crippen LogP contribution in [0.3, 0.4) is 0 Å². The van der Waals surface area contributed by atoms with Crippen LogP contribution in [0.5, 0.6) is 0 Å². The highest BCUT2D eigenvalue weighted by molar-refractivity contribution is 9.10. The smallest absolute Gasteiger partial charge is 0.268 e. The summed E-state index contributed by atoms with van der Waals surface area (Å²) in [6, 6.07) is 14.7. The summed E-state index contributed by atoms with van der Waals surface area (Å²) in [7, 11) is 0. The molecule has 2 aromatic rings. The number of rotatable bonds is 2. The molecule has 0 aliphatic carbocycles. The molecule has 0 aromatic heterocycles. The van der Waals surface area contributed by atoms with Gasteiger partial charge >= 0.3 is 0 Å². The predicted octanol–water partition coefficient (Wildman–Crippen LogP) is 4.80. The van der Waals surface area contributed by atoms with Crippen LogP contribution in [0.1, 0.15) is 21.5 Å². The van der Waals surface area contributed by atoms with Gasteiger partial charge in [0.15, 0.2) is 4.32 Å². The molecule has 1 heterocycles. The maximum absolute atomic E-state index is 12.6. The first-order valence-electron chi connectivity index (χ1n) is 7.10. The quantitative estimate of drug-likeness (QED) is 0.399. The molecule has 2 aromatic carbocycles. The van der Waals surface area contributed by atoms with E-state index >= 15 is 0 Å². The fraction of sp³-hybridized carbons (Fsp3) is 0.0556. The van der Waals surface area contributed by atoms with Gasteiger partial charge in [-0.15, -0.1) is 0 Å². The summed E-state index contributed by atoms with van der Waals surface area (Å²) in [5.74, 6) is -0.764. The van der Waals surface area contributed by atoms with E-state index in [1.807, 2.05) is 37.3 Å². The van der Waals surface area contributed by atoms with E-state index in [0.717, 1.165) is 32.3 Å². The van der Waals surface area contributed by atoms with Crippen LogP contribution in [-0.4, -0.2) is 21.0 Å². The summed E-state index contributed by atoms with van der Waals surface area (Å²) >= 11 is 9.76. The van der Waals surface area contributed by atoms with Crippen LogP contribution in [-0.2, 0) is 4.79 Å². The third-order valence-electron chi connectivity index (χ3n) is 3.43. The van der Waals surface area contributed by atoms with Crippen LogP contribution in [0.2, 0.25) is 0 Å². The Morgan fingerprint density at radius 3 is 2.58 bits per heavy atom. The number of hydrogen-bond acceptors (Lipinski definition) is 4. The number of aryl methyl sites for hydroxylation is 1. The second-order valence-corrected chi connectivity index (χ2v) is 7.83. The molecule has 3 nitrogen and oxygen atoms in total. The number of halogens is 1. The molecule has 0 radical (unpaired) electrons. The fourth-order valence-electron chi connectivity index (χ4n) is 2.26. The van der Waals surface area contributed by atoms with Gasteiger partial charge in [0.1, 0.15) is 0 Å². The summed E-state index contributed by atoms with van der Waals surface area (Å²) in [6.07, 6.45) is 1.75. The third-order valence-corrected chi connectivity index (χ3v) is 5.26. The molecule has 24 heavy (non-hydrogen) atoms. The number of thiocarbonyl (C=S) groups is 1. The number of benzene rings is 2. The van der Waals surface area contributed by atoms with Crippen molar-refractivity contribution in [3.63, 3.8) is 0 Å². The van der Waals surface area contributed by atoms with Crippen molar-refractivity contribution in [2.45, 2.75) is 6.92 Å². The van der Waals surface area contributed by atoms with E-state index in [1.165, 1.54) is 0 Å². The van der Waals surface area contributed by atoms with Crippen LogP contribution < -0.4 is 0 Å². The third kappa shape index (κ3) is 3.50. The number of carbonyl (C=O) groups is 2. The molecule has 0 N–H and O–H groups in total. The lowest BCUT2D eigenvalue weighted by atomic mass is 10.1. The lowest BCUT2D eigenvalue weighted by Crippen LogP contribution is -2.34. The number of imide groups is 1. The molecule has 1 aliphatic heterocycles. The highest BCUT2D eigenvalue weighted by atomic mass is 79.9. The largest absolute Gasteiger partial charge is 0.273 e. The zero-order valence-electron chi connectivity index (χ0n) is 12.7. The average molecular weight is 418 g/mol. The van der Waals surface area contributed by atoms with Crippen LogP contribution in [0.25, 0.3) is 6.08 Å². The maximum Gasteiger partial charge on any atom is 0.273 e. The van der Waals surface area contributed by atoms with E-state index in [0.29, 0.717) is 10.5 Å². The zero-order chi connectivity index (χ0) is 17.3. The Kier molecular flexibility index (Phi) is 4.99. The van der Waals surface area contributed by atoms with Gasteiger partial charge in [-0.1, -0.05) is 69.7 Å². The Labute approximate surface area is 157 Å². The highest BCUT2D eigenvalue weighted by Gasteiger charge is 2.37. The lowest BCUT2D eigenvalue weighted by Gasteiger charge is -2.12. The summed E-state index contributed by atoms with van der Waals surface area (Å²) < 4.78 is 1.22. The van der Waals surface area contributed by atoms with Crippen LogP contribution in [0.4, 0.5) is 0 Å². The van der Waals surface area contributed by atoms with Gasteiger partial charge in [0.2, 0.25) is 0 Å². The minimum absolute atomic E-state index is 0.259. The Hall–Kier alpha value is -1.76. The molecule has 0 bridgehead atoms. The molecule has 2 amide bonds. The van der Waals surface area contributed by atoms with Crippen molar-refractivity contribution >= 4 is 62.1 Å². The molecule has 1 aliphatic rings. The summed E-state index contributed by atoms with van der Waals surface area (Å²) in [6.45, 7) is 1.90. The topological polar surface area (TPSA) is 37.4 Å². The number of thioether (sulfide) groups is 1. The van der Waals surface area contributed by atoms with E-state index in [9.17, 15) is 9.59 Å². The van der Waals surface area contributed by atoms with Crippen molar-refractivity contribution in [3.05, 3.63) is 74.6 Å². The van der Waals surface area contributed by atoms with Crippen molar-refractivity contribution in [3.8, 4) is 0 Å². The van der Waals surface area contributed by atoms with E-state index in [1.54, 1.807) is 24.3 Å². The van der Waals surface area contributed by atoms with E-state index < -0.39 is 0 Å². The SMILES string of the molecule is Cc1cccc(C(=O)N2C(=O)/C(=C\c3ccc(Br)cc3)SC2=S)c1. The number of nitrogens with zero attached hydrogens (tertiary/aromatic N) is 1. The van der Waals surface area contributed by atoms with E-state index in [4.69, 9.17) is 12.2 Å². The first-order chi connectivity index (χ1) is 11.5. The summed E-state index contributed by atoms with van der Waals surface area (Å²) in [5, 5.41) is 0. The Morgan fingerprint density at radius 2 is 1.92 bits per heavy atom. The Morgan fingerprint density at radius 1 is 1.21 bits per heavy atom. The molecule has 3 rings (SSSR count). The molecule has 0 atom stereocenters. The van der Waals surface area contributed by atoms with Crippen molar-refractivity contribution in [1.29, 1.82) is 0 Å². The minimum Gasteiger partial charge on any atom is -0.268 e. The number of hydrogen-bond donors (Lipinski definition) is 0. The van der Waals surface area contributed by atoms with Crippen molar-refractivity contribution in [1.82, 2.24) is 4.90 Å². The second kappa shape index (κ2) is 7.01.